The van der Waals surface area contributed by atoms with Gasteiger partial charge in [-0.3, -0.25) is 24.8 Å². The van der Waals surface area contributed by atoms with Gasteiger partial charge >= 0.3 is 6.03 Å². The number of benzene rings is 3. The van der Waals surface area contributed by atoms with E-state index in [0.717, 1.165) is 27.6 Å². The summed E-state index contributed by atoms with van der Waals surface area (Å²) in [4.78, 5) is 53.7. The molecule has 0 bridgehead atoms. The Balaban J connectivity index is 1.21. The normalized spacial score (nSPS) is 20.2. The Morgan fingerprint density at radius 2 is 1.70 bits per heavy atom. The monoisotopic (exact) mass is 617 g/mol. The minimum absolute atomic E-state index is 0.0497. The van der Waals surface area contributed by atoms with E-state index in [0.29, 0.717) is 18.9 Å². The summed E-state index contributed by atoms with van der Waals surface area (Å²) < 4.78 is 5.30. The van der Waals surface area contributed by atoms with Crippen LogP contribution in [0.1, 0.15) is 17.0 Å². The van der Waals surface area contributed by atoms with Gasteiger partial charge in [0.05, 0.1) is 19.1 Å². The largest absolute Gasteiger partial charge is 0.438 e. The molecule has 5 aromatic rings. The summed E-state index contributed by atoms with van der Waals surface area (Å²) in [7, 11) is 1.77. The van der Waals surface area contributed by atoms with E-state index in [1.165, 1.54) is 4.90 Å². The zero-order valence-electron chi connectivity index (χ0n) is 25.3. The van der Waals surface area contributed by atoms with Gasteiger partial charge in [-0.2, -0.15) is 4.98 Å². The van der Waals surface area contributed by atoms with Gasteiger partial charge in [-0.1, -0.05) is 84.0 Å². The molecule has 46 heavy (non-hydrogen) atoms. The van der Waals surface area contributed by atoms with Crippen LogP contribution >= 0.6 is 0 Å². The molecule has 2 unspecified atom stereocenters. The molecule has 4 heterocycles. The maximum atomic E-state index is 14.3. The van der Waals surface area contributed by atoms with Crippen LogP contribution in [0.4, 0.5) is 4.79 Å². The van der Waals surface area contributed by atoms with Crippen molar-refractivity contribution in [1.29, 1.82) is 0 Å². The third-order valence-electron chi connectivity index (χ3n) is 8.82. The van der Waals surface area contributed by atoms with Gasteiger partial charge in [0.2, 0.25) is 29.7 Å². The summed E-state index contributed by atoms with van der Waals surface area (Å²) in [6, 6.07) is 28.4. The lowest BCUT2D eigenvalue weighted by atomic mass is 10.1. The average molecular weight is 618 g/mol. The lowest BCUT2D eigenvalue weighted by molar-refractivity contribution is -0.985. The van der Waals surface area contributed by atoms with Crippen LogP contribution in [-0.4, -0.2) is 85.2 Å². The van der Waals surface area contributed by atoms with Crippen molar-refractivity contribution in [3.05, 3.63) is 114 Å². The Morgan fingerprint density at radius 1 is 0.913 bits per heavy atom. The second-order valence-electron chi connectivity index (χ2n) is 11.6. The van der Waals surface area contributed by atoms with Crippen LogP contribution in [0.15, 0.2) is 102 Å². The van der Waals surface area contributed by atoms with E-state index in [2.05, 4.69) is 20.4 Å². The van der Waals surface area contributed by atoms with Gasteiger partial charge in [-0.25, -0.2) is 4.79 Å². The number of urea groups is 1. The van der Waals surface area contributed by atoms with E-state index >= 15 is 0 Å². The molecule has 12 nitrogen and oxygen atoms in total. The highest BCUT2D eigenvalue weighted by molar-refractivity contribution is 5.88. The molecule has 0 radical (unpaired) electrons. The minimum Gasteiger partial charge on any atom is -0.337 e. The molecule has 3 aromatic carbocycles. The molecule has 7 rings (SSSR count). The number of amides is 4. The molecule has 2 atom stereocenters. The van der Waals surface area contributed by atoms with Crippen LogP contribution < -0.4 is 5.32 Å². The van der Waals surface area contributed by atoms with Gasteiger partial charge < -0.3 is 9.42 Å². The van der Waals surface area contributed by atoms with Crippen LogP contribution in [0.5, 0.6) is 0 Å². The number of likely N-dealkylation sites (N-methyl/N-ethyl adjacent to an activating group) is 1. The van der Waals surface area contributed by atoms with Crippen molar-refractivity contribution < 1.29 is 23.5 Å². The first kappa shape index (κ1) is 29.3. The van der Waals surface area contributed by atoms with Crippen LogP contribution in [0.3, 0.4) is 0 Å². The first-order valence-corrected chi connectivity index (χ1v) is 15.1. The molecule has 2 aliphatic heterocycles. The van der Waals surface area contributed by atoms with Gasteiger partial charge in [-0.15, -0.1) is 9.60 Å². The maximum absolute atomic E-state index is 14.3. The smallest absolute Gasteiger partial charge is 0.337 e. The fourth-order valence-corrected chi connectivity index (χ4v) is 6.26. The van der Waals surface area contributed by atoms with E-state index < -0.39 is 6.17 Å². The highest BCUT2D eigenvalue weighted by Crippen LogP contribution is 2.31. The van der Waals surface area contributed by atoms with Crippen LogP contribution in [0, 0.1) is 0 Å². The molecule has 4 amide bonds. The first-order chi connectivity index (χ1) is 22.4. The first-order valence-electron chi connectivity index (χ1n) is 15.1. The van der Waals surface area contributed by atoms with Gasteiger partial charge in [0.15, 0.2) is 0 Å². The number of aromatic nitrogens is 3. The van der Waals surface area contributed by atoms with Gasteiger partial charge in [0, 0.05) is 30.2 Å². The number of nitrogens with one attached hydrogen (secondary N) is 1. The van der Waals surface area contributed by atoms with E-state index in [4.69, 9.17) is 4.52 Å². The molecule has 0 spiro atoms. The molecule has 1 N–H and O–H groups in total. The predicted molar refractivity (Wildman–Crippen MR) is 168 cm³/mol. The number of hydrogen-bond acceptors (Lipinski definition) is 8. The second kappa shape index (κ2) is 12.1. The summed E-state index contributed by atoms with van der Waals surface area (Å²) in [6.45, 7) is 0.568. The summed E-state index contributed by atoms with van der Waals surface area (Å²) in [5.74, 6) is 0.260. The van der Waals surface area contributed by atoms with Crippen molar-refractivity contribution in [1.82, 2.24) is 35.3 Å². The van der Waals surface area contributed by atoms with Gasteiger partial charge in [0.25, 0.3) is 0 Å². The number of hydrogen-bond donors (Lipinski definition) is 1. The summed E-state index contributed by atoms with van der Waals surface area (Å²) in [6.07, 6.45) is 1.04. The Morgan fingerprint density at radius 3 is 2.50 bits per heavy atom. The number of carbonyl (C=O) groups excluding carboxylic acids is 3. The van der Waals surface area contributed by atoms with Gasteiger partial charge in [-0.05, 0) is 23.3 Å². The van der Waals surface area contributed by atoms with E-state index in [1.807, 2.05) is 91.0 Å². The fraction of sp³-hybridized carbons (Fsp3) is 0.235. The number of carbonyl (C=O) groups is 3. The number of piperazine rings is 1. The molecule has 2 saturated heterocycles. The Kier molecular flexibility index (Phi) is 7.73. The fourth-order valence-electron chi connectivity index (χ4n) is 6.26. The third kappa shape index (κ3) is 5.48. The summed E-state index contributed by atoms with van der Waals surface area (Å²) >= 11 is 0. The molecule has 2 fully saturated rings. The third-order valence-corrected chi connectivity index (χ3v) is 8.82. The predicted octanol–water partition coefficient (Wildman–Crippen LogP) is 3.57. The molecule has 232 valence electrons. The molecule has 12 heteroatoms. The van der Waals surface area contributed by atoms with Crippen molar-refractivity contribution in [3.63, 3.8) is 0 Å². The minimum atomic E-state index is -0.695. The van der Waals surface area contributed by atoms with E-state index in [-0.39, 0.29) is 54.5 Å². The number of quaternary nitrogens is 1. The van der Waals surface area contributed by atoms with Crippen molar-refractivity contribution in [3.8, 4) is 11.4 Å². The number of pyridine rings is 1. The average Bonchev–Trinajstić information content (AvgIpc) is 3.56. The molecular weight excluding hydrogens is 584 g/mol. The zero-order chi connectivity index (χ0) is 31.7. The highest BCUT2D eigenvalue weighted by Gasteiger charge is 2.58. The summed E-state index contributed by atoms with van der Waals surface area (Å²) in [5, 5.41) is 9.91. The highest BCUT2D eigenvalue weighted by atomic mass is 16.5. The van der Waals surface area contributed by atoms with Crippen LogP contribution in [-0.2, 0) is 29.2 Å². The van der Waals surface area contributed by atoms with E-state index in [1.54, 1.807) is 23.2 Å². The Hall–Kier alpha value is -5.46. The number of rotatable bonds is 7. The number of fused-ring (bicyclic) bond motifs is 2. The Bertz CT molecular complexity index is 1890. The molecule has 0 saturated carbocycles. The Labute approximate surface area is 265 Å². The van der Waals surface area contributed by atoms with Crippen molar-refractivity contribution in [2.45, 2.75) is 25.8 Å². The van der Waals surface area contributed by atoms with Gasteiger partial charge in [0.1, 0.15) is 19.6 Å². The molecule has 2 aromatic heterocycles. The topological polar surface area (TPSA) is 125 Å². The van der Waals surface area contributed by atoms with Crippen LogP contribution in [0.2, 0.25) is 0 Å². The van der Waals surface area contributed by atoms with E-state index in [9.17, 15) is 14.4 Å². The standard InChI is InChI=1S/C34H32N8O4/c1-42(34(45)36-18-24-10-4-2-5-11-24)30-21-39(19-26-14-8-16-28-27(26)15-9-17-35-28)31(43)23-41(30)32(44)22-40(42)20-29-37-33(38-46-29)25-12-6-3-7-13-25/h2-17,30H,18-23H2,1H3/p+1. The lowest BCUT2D eigenvalue weighted by Gasteiger charge is -2.54. The quantitative estimate of drug-likeness (QED) is 0.275. The SMILES string of the molecule is C[N+]1(C(=O)NCc2ccccc2)C2CN(Cc3cccc4ncccc34)C(=O)CN2C(=O)CN1Cc1nc(-c2ccccc2)no1. The van der Waals surface area contributed by atoms with Crippen molar-refractivity contribution in [2.75, 3.05) is 26.7 Å². The van der Waals surface area contributed by atoms with Crippen LogP contribution in [0.25, 0.3) is 22.3 Å². The number of nitrogens with zero attached hydrogens (tertiary/aromatic N) is 7. The second-order valence-corrected chi connectivity index (χ2v) is 11.6. The zero-order valence-corrected chi connectivity index (χ0v) is 25.3. The van der Waals surface area contributed by atoms with Crippen molar-refractivity contribution >= 4 is 28.7 Å². The lowest BCUT2D eigenvalue weighted by Crippen LogP contribution is -2.81. The molecule has 0 aliphatic carbocycles. The molecular formula is C34H33N8O4+. The molecule has 2 aliphatic rings. The summed E-state index contributed by atoms with van der Waals surface area (Å²) in [5.41, 5.74) is 3.50. The maximum Gasteiger partial charge on any atom is 0.438 e. The van der Waals surface area contributed by atoms with Crippen molar-refractivity contribution in [2.24, 2.45) is 0 Å².